The molecule has 24 heavy (non-hydrogen) atoms. The van der Waals surface area contributed by atoms with Gasteiger partial charge < -0.3 is 15.5 Å². The monoisotopic (exact) mass is 346 g/mol. The van der Waals surface area contributed by atoms with Crippen molar-refractivity contribution in [1.29, 1.82) is 0 Å². The Hall–Kier alpha value is -2.12. The summed E-state index contributed by atoms with van der Waals surface area (Å²) in [5.74, 6) is 0.598. The maximum Gasteiger partial charge on any atom is 0.184 e. The van der Waals surface area contributed by atoms with Crippen LogP contribution < -0.4 is 10.6 Å². The van der Waals surface area contributed by atoms with Gasteiger partial charge in [-0.2, -0.15) is 0 Å². The Labute approximate surface area is 142 Å². The first kappa shape index (κ1) is 16.7. The number of nitrogen functional groups attached to an aromatic ring is 1. The molecule has 1 aromatic carbocycles. The second-order valence-electron chi connectivity index (χ2n) is 6.07. The first-order valence-corrected chi connectivity index (χ1v) is 9.57. The molecule has 0 radical (unpaired) electrons. The molecule has 1 aliphatic rings. The van der Waals surface area contributed by atoms with Gasteiger partial charge in [-0.15, -0.1) is 0 Å². The average Bonchev–Trinajstić information content (AvgIpc) is 2.58. The van der Waals surface area contributed by atoms with Crippen molar-refractivity contribution in [1.82, 2.24) is 9.88 Å². The highest BCUT2D eigenvalue weighted by atomic mass is 32.2. The van der Waals surface area contributed by atoms with Gasteiger partial charge in [0.2, 0.25) is 0 Å². The largest absolute Gasteiger partial charge is 0.397 e. The van der Waals surface area contributed by atoms with Crippen molar-refractivity contribution in [2.45, 2.75) is 10.6 Å². The number of hydrogen-bond acceptors (Lipinski definition) is 6. The summed E-state index contributed by atoms with van der Waals surface area (Å²) in [7, 11) is -1.37. The van der Waals surface area contributed by atoms with Gasteiger partial charge in [0.15, 0.2) is 9.84 Å². The third kappa shape index (κ3) is 3.68. The zero-order chi connectivity index (χ0) is 17.2. The van der Waals surface area contributed by atoms with Crippen LogP contribution in [0.4, 0.5) is 11.5 Å². The molecule has 2 N–H and O–H groups in total. The molecule has 1 aromatic heterocycles. The summed E-state index contributed by atoms with van der Waals surface area (Å²) in [5, 5.41) is 0. The number of benzene rings is 1. The summed E-state index contributed by atoms with van der Waals surface area (Å²) in [6, 6.07) is 12.0. The lowest BCUT2D eigenvalue weighted by atomic mass is 10.3. The van der Waals surface area contributed by atoms with Crippen molar-refractivity contribution in [3.8, 4) is 0 Å². The first-order chi connectivity index (χ1) is 11.5. The van der Waals surface area contributed by atoms with E-state index in [1.807, 2.05) is 6.07 Å². The van der Waals surface area contributed by atoms with Crippen LogP contribution >= 0.6 is 0 Å². The van der Waals surface area contributed by atoms with Crippen LogP contribution in [0.5, 0.6) is 0 Å². The third-order valence-corrected chi connectivity index (χ3v) is 5.89. The van der Waals surface area contributed by atoms with E-state index in [-0.39, 0.29) is 10.6 Å². The fourth-order valence-electron chi connectivity index (χ4n) is 2.72. The molecule has 0 amide bonds. The average molecular weight is 346 g/mol. The summed E-state index contributed by atoms with van der Waals surface area (Å²) >= 11 is 0. The van der Waals surface area contributed by atoms with Gasteiger partial charge in [0.05, 0.1) is 22.0 Å². The van der Waals surface area contributed by atoms with Gasteiger partial charge in [0.1, 0.15) is 5.82 Å². The Morgan fingerprint density at radius 3 is 2.38 bits per heavy atom. The Kier molecular flexibility index (Phi) is 4.73. The van der Waals surface area contributed by atoms with E-state index in [9.17, 15) is 8.42 Å². The predicted molar refractivity (Wildman–Crippen MR) is 95.7 cm³/mol. The molecule has 3 rings (SSSR count). The molecule has 1 saturated heterocycles. The number of hydrogen-bond donors (Lipinski definition) is 1. The van der Waals surface area contributed by atoms with Gasteiger partial charge in [-0.3, -0.25) is 0 Å². The standard InChI is InChI=1S/C17H22N4O2S/c1-20-9-11-21(12-10-20)17-8-7-15(18)16(19-17)13-24(22,23)14-5-3-2-4-6-14/h2-8H,9-13,18H2,1H3. The van der Waals surface area contributed by atoms with Crippen molar-refractivity contribution in [2.75, 3.05) is 43.9 Å². The van der Waals surface area contributed by atoms with Gasteiger partial charge >= 0.3 is 0 Å². The van der Waals surface area contributed by atoms with E-state index < -0.39 is 9.84 Å². The minimum Gasteiger partial charge on any atom is -0.397 e. The van der Waals surface area contributed by atoms with Crippen molar-refractivity contribution in [2.24, 2.45) is 0 Å². The molecule has 2 heterocycles. The topological polar surface area (TPSA) is 79.5 Å². The Balaban J connectivity index is 1.84. The Bertz CT molecular complexity index is 801. The normalized spacial score (nSPS) is 16.3. The van der Waals surface area contributed by atoms with E-state index >= 15 is 0 Å². The number of piperazine rings is 1. The van der Waals surface area contributed by atoms with Gasteiger partial charge in [-0.1, -0.05) is 18.2 Å². The number of sulfone groups is 1. The minimum atomic E-state index is -3.46. The van der Waals surface area contributed by atoms with Crippen LogP contribution in [0.1, 0.15) is 5.69 Å². The summed E-state index contributed by atoms with van der Waals surface area (Å²) in [4.78, 5) is 9.25. The zero-order valence-electron chi connectivity index (χ0n) is 13.7. The lowest BCUT2D eigenvalue weighted by molar-refractivity contribution is 0.312. The van der Waals surface area contributed by atoms with E-state index in [0.29, 0.717) is 11.4 Å². The molecule has 2 aromatic rings. The van der Waals surface area contributed by atoms with Gasteiger partial charge in [0.25, 0.3) is 0 Å². The van der Waals surface area contributed by atoms with Gasteiger partial charge in [-0.05, 0) is 31.3 Å². The van der Waals surface area contributed by atoms with Crippen LogP contribution in [0.3, 0.4) is 0 Å². The number of aromatic nitrogens is 1. The molecule has 0 saturated carbocycles. The smallest absolute Gasteiger partial charge is 0.184 e. The molecular formula is C17H22N4O2S. The van der Waals surface area contributed by atoms with Crippen molar-refractivity contribution < 1.29 is 8.42 Å². The summed E-state index contributed by atoms with van der Waals surface area (Å²) in [6.45, 7) is 3.67. The van der Waals surface area contributed by atoms with Crippen molar-refractivity contribution >= 4 is 21.3 Å². The predicted octanol–water partition coefficient (Wildman–Crippen LogP) is 1.39. The molecular weight excluding hydrogens is 324 g/mol. The second kappa shape index (κ2) is 6.78. The molecule has 128 valence electrons. The van der Waals surface area contributed by atoms with Gasteiger partial charge in [0, 0.05) is 26.2 Å². The third-order valence-electron chi connectivity index (χ3n) is 4.25. The van der Waals surface area contributed by atoms with Crippen LogP contribution in [0.15, 0.2) is 47.4 Å². The molecule has 0 bridgehead atoms. The second-order valence-corrected chi connectivity index (χ2v) is 8.06. The fraction of sp³-hybridized carbons (Fsp3) is 0.353. The molecule has 1 fully saturated rings. The summed E-state index contributed by atoms with van der Waals surface area (Å²) in [5.41, 5.74) is 6.79. The SMILES string of the molecule is CN1CCN(c2ccc(N)c(CS(=O)(=O)c3ccccc3)n2)CC1. The number of likely N-dealkylation sites (N-methyl/N-ethyl adjacent to an activating group) is 1. The summed E-state index contributed by atoms with van der Waals surface area (Å²) < 4.78 is 25.1. The molecule has 0 atom stereocenters. The number of anilines is 2. The van der Waals surface area contributed by atoms with E-state index in [1.165, 1.54) is 0 Å². The number of nitrogens with two attached hydrogens (primary N) is 1. The molecule has 0 spiro atoms. The minimum absolute atomic E-state index is 0.190. The molecule has 7 heteroatoms. The van der Waals surface area contributed by atoms with Crippen LogP contribution in [0.25, 0.3) is 0 Å². The van der Waals surface area contributed by atoms with Crippen molar-refractivity contribution in [3.05, 3.63) is 48.2 Å². The maximum atomic E-state index is 12.6. The highest BCUT2D eigenvalue weighted by Gasteiger charge is 2.20. The zero-order valence-corrected chi connectivity index (χ0v) is 14.5. The quantitative estimate of drug-likeness (QED) is 0.901. The number of nitrogens with zero attached hydrogens (tertiary/aromatic N) is 3. The highest BCUT2D eigenvalue weighted by molar-refractivity contribution is 7.90. The lowest BCUT2D eigenvalue weighted by Gasteiger charge is -2.33. The lowest BCUT2D eigenvalue weighted by Crippen LogP contribution is -2.44. The van der Waals surface area contributed by atoms with Crippen LogP contribution in [-0.4, -0.2) is 51.5 Å². The first-order valence-electron chi connectivity index (χ1n) is 7.92. The van der Waals surface area contributed by atoms with E-state index in [1.54, 1.807) is 36.4 Å². The van der Waals surface area contributed by atoms with Crippen LogP contribution in [-0.2, 0) is 15.6 Å². The Morgan fingerprint density at radius 1 is 1.04 bits per heavy atom. The fourth-order valence-corrected chi connectivity index (χ4v) is 4.05. The maximum absolute atomic E-state index is 12.6. The van der Waals surface area contributed by atoms with E-state index in [0.717, 1.165) is 32.0 Å². The Morgan fingerprint density at radius 2 is 1.71 bits per heavy atom. The summed E-state index contributed by atoms with van der Waals surface area (Å²) in [6.07, 6.45) is 0. The van der Waals surface area contributed by atoms with Crippen molar-refractivity contribution in [3.63, 3.8) is 0 Å². The van der Waals surface area contributed by atoms with E-state index in [4.69, 9.17) is 5.73 Å². The number of rotatable bonds is 4. The molecule has 0 aliphatic carbocycles. The van der Waals surface area contributed by atoms with E-state index in [2.05, 4.69) is 21.8 Å². The molecule has 6 nitrogen and oxygen atoms in total. The number of pyridine rings is 1. The van der Waals surface area contributed by atoms with Crippen LogP contribution in [0.2, 0.25) is 0 Å². The van der Waals surface area contributed by atoms with Crippen LogP contribution in [0, 0.1) is 0 Å². The molecule has 1 aliphatic heterocycles. The molecule has 0 unspecified atom stereocenters. The highest BCUT2D eigenvalue weighted by Crippen LogP contribution is 2.22. The van der Waals surface area contributed by atoms with Gasteiger partial charge in [-0.25, -0.2) is 13.4 Å².